The first kappa shape index (κ1) is 22.5. The van der Waals surface area contributed by atoms with Crippen LogP contribution in [0.1, 0.15) is 16.1 Å². The summed E-state index contributed by atoms with van der Waals surface area (Å²) < 4.78 is 5.41. The second-order valence-corrected chi connectivity index (χ2v) is 7.06. The zero-order valence-electron chi connectivity index (χ0n) is 18.0. The first-order valence-electron chi connectivity index (χ1n) is 9.91. The van der Waals surface area contributed by atoms with Gasteiger partial charge in [0.1, 0.15) is 11.5 Å². The van der Waals surface area contributed by atoms with E-state index in [2.05, 4.69) is 37.4 Å². The Balaban J connectivity index is 1.53. The molecular formula is C23H25N7O2. The first-order chi connectivity index (χ1) is 15.5. The Morgan fingerprint density at radius 3 is 2.75 bits per heavy atom. The number of amides is 1. The lowest BCUT2D eigenvalue weighted by Crippen LogP contribution is -2.14. The lowest BCUT2D eigenvalue weighted by molar-refractivity contribution is 0.102. The van der Waals surface area contributed by atoms with Crippen molar-refractivity contribution in [2.75, 3.05) is 43.6 Å². The number of hydrogen-bond donors (Lipinski definition) is 3. The molecule has 0 aliphatic heterocycles. The Hall–Kier alpha value is -4.16. The number of rotatable bonds is 8. The Morgan fingerprint density at radius 1 is 1.12 bits per heavy atom. The van der Waals surface area contributed by atoms with Crippen molar-refractivity contribution >= 4 is 23.1 Å². The molecule has 9 nitrogen and oxygen atoms in total. The van der Waals surface area contributed by atoms with Crippen LogP contribution in [0.5, 0.6) is 5.88 Å². The van der Waals surface area contributed by atoms with E-state index in [1.54, 1.807) is 12.3 Å². The lowest BCUT2D eigenvalue weighted by atomic mass is 10.2. The lowest BCUT2D eigenvalue weighted by Gasteiger charge is -2.10. The van der Waals surface area contributed by atoms with Crippen LogP contribution in [0.3, 0.4) is 0 Å². The van der Waals surface area contributed by atoms with Crippen molar-refractivity contribution < 1.29 is 9.53 Å². The van der Waals surface area contributed by atoms with Gasteiger partial charge >= 0.3 is 0 Å². The van der Waals surface area contributed by atoms with Crippen LogP contribution in [-0.2, 0) is 6.54 Å². The average molecular weight is 432 g/mol. The summed E-state index contributed by atoms with van der Waals surface area (Å²) >= 11 is 0. The Bertz CT molecular complexity index is 1110. The monoisotopic (exact) mass is 431 g/mol. The maximum absolute atomic E-state index is 12.5. The molecule has 0 bridgehead atoms. The molecule has 1 aromatic carbocycles. The van der Waals surface area contributed by atoms with E-state index in [4.69, 9.17) is 10.5 Å². The van der Waals surface area contributed by atoms with Crippen LogP contribution >= 0.6 is 0 Å². The molecule has 0 fully saturated rings. The minimum Gasteiger partial charge on any atom is -0.463 e. The van der Waals surface area contributed by atoms with Crippen LogP contribution < -0.4 is 21.1 Å². The maximum atomic E-state index is 12.5. The largest absolute Gasteiger partial charge is 0.463 e. The number of carbonyl (C=O) groups is 1. The topological polar surface area (TPSA) is 118 Å². The summed E-state index contributed by atoms with van der Waals surface area (Å²) in [5.74, 6) is 6.23. The second kappa shape index (κ2) is 11.3. The molecule has 1 amide bonds. The van der Waals surface area contributed by atoms with E-state index < -0.39 is 0 Å². The molecular weight excluding hydrogens is 406 g/mol. The van der Waals surface area contributed by atoms with Crippen molar-refractivity contribution in [1.29, 1.82) is 0 Å². The fraction of sp³-hybridized carbons (Fsp3) is 0.217. The third kappa shape index (κ3) is 6.97. The SMILES string of the molecule is CN(C)CC#CCOc1cnc(C(=O)Nc2cccc(CNc3cccnc3N)c2)cn1. The van der Waals surface area contributed by atoms with Gasteiger partial charge in [-0.15, -0.1) is 0 Å². The van der Waals surface area contributed by atoms with Gasteiger partial charge in [-0.2, -0.15) is 0 Å². The van der Waals surface area contributed by atoms with Gasteiger partial charge in [-0.3, -0.25) is 9.69 Å². The predicted molar refractivity (Wildman–Crippen MR) is 124 cm³/mol. The molecule has 0 saturated carbocycles. The van der Waals surface area contributed by atoms with Gasteiger partial charge < -0.3 is 21.1 Å². The van der Waals surface area contributed by atoms with E-state index in [9.17, 15) is 4.79 Å². The van der Waals surface area contributed by atoms with Crippen molar-refractivity contribution in [3.05, 3.63) is 66.2 Å². The van der Waals surface area contributed by atoms with Gasteiger partial charge in [0.05, 0.1) is 24.6 Å². The number of pyridine rings is 1. The Labute approximate surface area is 187 Å². The molecule has 3 rings (SSSR count). The zero-order chi connectivity index (χ0) is 22.8. The van der Waals surface area contributed by atoms with E-state index in [0.29, 0.717) is 30.5 Å². The van der Waals surface area contributed by atoms with E-state index in [0.717, 1.165) is 11.3 Å². The molecule has 9 heteroatoms. The van der Waals surface area contributed by atoms with Gasteiger partial charge in [0.25, 0.3) is 5.91 Å². The fourth-order valence-corrected chi connectivity index (χ4v) is 2.60. The number of carbonyl (C=O) groups excluding carboxylic acids is 1. The van der Waals surface area contributed by atoms with Gasteiger partial charge in [-0.1, -0.05) is 24.0 Å². The van der Waals surface area contributed by atoms with Crippen molar-refractivity contribution in [3.8, 4) is 17.7 Å². The number of anilines is 3. The molecule has 0 radical (unpaired) electrons. The minimum absolute atomic E-state index is 0.183. The fourth-order valence-electron chi connectivity index (χ4n) is 2.60. The normalized spacial score (nSPS) is 10.2. The predicted octanol–water partition coefficient (Wildman–Crippen LogP) is 2.26. The van der Waals surface area contributed by atoms with Crippen LogP contribution in [0, 0.1) is 11.8 Å². The standard InChI is InChI=1S/C23H25N7O2/c1-30(2)11-3-4-12-32-21-16-27-20(15-28-21)23(31)29-18-8-5-7-17(13-18)14-26-19-9-6-10-25-22(19)24/h5-10,13,15-16,26H,11-12,14H2,1-2H3,(H2,24,25)(H,29,31). The summed E-state index contributed by atoms with van der Waals surface area (Å²) in [6.07, 6.45) is 4.41. The molecule has 0 aliphatic carbocycles. The number of aromatic nitrogens is 3. The number of nitrogens with zero attached hydrogens (tertiary/aromatic N) is 4. The highest BCUT2D eigenvalue weighted by Gasteiger charge is 2.09. The van der Waals surface area contributed by atoms with Gasteiger partial charge in [0.2, 0.25) is 5.88 Å². The van der Waals surface area contributed by atoms with Crippen LogP contribution in [0.15, 0.2) is 55.0 Å². The highest BCUT2D eigenvalue weighted by atomic mass is 16.5. The zero-order valence-corrected chi connectivity index (χ0v) is 18.0. The highest BCUT2D eigenvalue weighted by Crippen LogP contribution is 2.17. The molecule has 32 heavy (non-hydrogen) atoms. The molecule has 4 N–H and O–H groups in total. The van der Waals surface area contributed by atoms with E-state index >= 15 is 0 Å². The molecule has 2 aromatic heterocycles. The highest BCUT2D eigenvalue weighted by molar-refractivity contribution is 6.02. The molecule has 0 spiro atoms. The van der Waals surface area contributed by atoms with E-state index in [1.807, 2.05) is 49.3 Å². The number of benzene rings is 1. The molecule has 2 heterocycles. The maximum Gasteiger partial charge on any atom is 0.275 e. The molecule has 0 unspecified atom stereocenters. The summed E-state index contributed by atoms with van der Waals surface area (Å²) in [4.78, 5) is 26.7. The minimum atomic E-state index is -0.364. The molecule has 3 aromatic rings. The van der Waals surface area contributed by atoms with Crippen LogP contribution in [0.2, 0.25) is 0 Å². The number of nitrogen functional groups attached to an aromatic ring is 1. The van der Waals surface area contributed by atoms with Crippen molar-refractivity contribution in [3.63, 3.8) is 0 Å². The Kier molecular flexibility index (Phi) is 7.95. The summed E-state index contributed by atoms with van der Waals surface area (Å²) in [6.45, 7) is 1.39. The second-order valence-electron chi connectivity index (χ2n) is 7.06. The summed E-state index contributed by atoms with van der Waals surface area (Å²) in [5.41, 5.74) is 8.40. The number of nitrogens with one attached hydrogen (secondary N) is 2. The average Bonchev–Trinajstić information content (AvgIpc) is 2.79. The number of nitrogens with two attached hydrogens (primary N) is 1. The quantitative estimate of drug-likeness (QED) is 0.465. The van der Waals surface area contributed by atoms with Crippen LogP contribution in [-0.4, -0.2) is 53.0 Å². The third-order valence-corrected chi connectivity index (χ3v) is 4.18. The van der Waals surface area contributed by atoms with Crippen molar-refractivity contribution in [2.24, 2.45) is 0 Å². The van der Waals surface area contributed by atoms with Crippen molar-refractivity contribution in [2.45, 2.75) is 6.54 Å². The van der Waals surface area contributed by atoms with Crippen LogP contribution in [0.25, 0.3) is 0 Å². The first-order valence-corrected chi connectivity index (χ1v) is 9.91. The van der Waals surface area contributed by atoms with Gasteiger partial charge in [0.15, 0.2) is 6.61 Å². The van der Waals surface area contributed by atoms with Crippen molar-refractivity contribution in [1.82, 2.24) is 19.9 Å². The Morgan fingerprint density at radius 2 is 2.00 bits per heavy atom. The molecule has 0 aliphatic rings. The third-order valence-electron chi connectivity index (χ3n) is 4.18. The molecule has 0 atom stereocenters. The summed E-state index contributed by atoms with van der Waals surface area (Å²) in [7, 11) is 3.88. The summed E-state index contributed by atoms with van der Waals surface area (Å²) in [6, 6.07) is 11.1. The van der Waals surface area contributed by atoms with E-state index in [-0.39, 0.29) is 18.2 Å². The molecule has 0 saturated heterocycles. The number of ether oxygens (including phenoxy) is 1. The van der Waals surface area contributed by atoms with Crippen LogP contribution in [0.4, 0.5) is 17.2 Å². The van der Waals surface area contributed by atoms with Gasteiger partial charge in [-0.05, 0) is 43.9 Å². The van der Waals surface area contributed by atoms with Gasteiger partial charge in [0, 0.05) is 18.4 Å². The van der Waals surface area contributed by atoms with Gasteiger partial charge in [-0.25, -0.2) is 15.0 Å². The number of hydrogen-bond acceptors (Lipinski definition) is 8. The van der Waals surface area contributed by atoms with E-state index in [1.165, 1.54) is 12.4 Å². The molecule has 164 valence electrons. The summed E-state index contributed by atoms with van der Waals surface area (Å²) in [5, 5.41) is 6.05. The smallest absolute Gasteiger partial charge is 0.275 e.